The van der Waals surface area contributed by atoms with Gasteiger partial charge in [0, 0.05) is 5.56 Å². The molecule has 0 aliphatic rings. The third kappa shape index (κ3) is 6.77. The molecule has 1 N–H and O–H groups in total. The number of carbonyl (C=O) groups is 2. The first kappa shape index (κ1) is 20.5. The zero-order chi connectivity index (χ0) is 20.0. The summed E-state index contributed by atoms with van der Waals surface area (Å²) in [7, 11) is 0. The van der Waals surface area contributed by atoms with E-state index in [0.717, 1.165) is 0 Å². The van der Waals surface area contributed by atoms with Gasteiger partial charge in [-0.3, -0.25) is 9.59 Å². The Labute approximate surface area is 160 Å². The molecule has 0 radical (unpaired) electrons. The minimum absolute atomic E-state index is 0.183. The first-order valence-electron chi connectivity index (χ1n) is 9.02. The van der Waals surface area contributed by atoms with Gasteiger partial charge in [0.25, 0.3) is 5.91 Å². The van der Waals surface area contributed by atoms with Gasteiger partial charge in [-0.1, -0.05) is 32.0 Å². The summed E-state index contributed by atoms with van der Waals surface area (Å²) < 4.78 is 11.0. The van der Waals surface area contributed by atoms with E-state index >= 15 is 0 Å². The van der Waals surface area contributed by atoms with E-state index in [1.807, 2.05) is 24.3 Å². The average Bonchev–Trinajstić information content (AvgIpc) is 2.59. The molecule has 2 aromatic rings. The van der Waals surface area contributed by atoms with Crippen molar-refractivity contribution in [2.75, 3.05) is 6.54 Å². The van der Waals surface area contributed by atoms with Crippen LogP contribution in [-0.2, 0) is 9.53 Å². The maximum atomic E-state index is 12.3. The van der Waals surface area contributed by atoms with Crippen molar-refractivity contribution < 1.29 is 19.1 Å². The number of rotatable bonds is 6. The number of hydrogen-bond acceptors (Lipinski definition) is 4. The summed E-state index contributed by atoms with van der Waals surface area (Å²) in [5.74, 6) is 0.869. The van der Waals surface area contributed by atoms with Gasteiger partial charge in [-0.2, -0.15) is 0 Å². The fraction of sp³-hybridized carbons (Fsp3) is 0.364. The molecule has 0 aliphatic heterocycles. The summed E-state index contributed by atoms with van der Waals surface area (Å²) in [6.07, 6.45) is 0. The van der Waals surface area contributed by atoms with Gasteiger partial charge in [-0.15, -0.1) is 0 Å². The van der Waals surface area contributed by atoms with Crippen LogP contribution in [0.15, 0.2) is 48.5 Å². The molecule has 27 heavy (non-hydrogen) atoms. The molecule has 0 bridgehead atoms. The largest absolute Gasteiger partial charge is 0.459 e. The second kappa shape index (κ2) is 8.71. The first-order valence-corrected chi connectivity index (χ1v) is 9.02. The molecule has 0 heterocycles. The Balaban J connectivity index is 1.97. The van der Waals surface area contributed by atoms with Crippen molar-refractivity contribution in [2.45, 2.75) is 46.1 Å². The van der Waals surface area contributed by atoms with Crippen molar-refractivity contribution in [3.63, 3.8) is 0 Å². The van der Waals surface area contributed by atoms with Crippen molar-refractivity contribution in [1.29, 1.82) is 0 Å². The van der Waals surface area contributed by atoms with Crippen LogP contribution in [0.5, 0.6) is 11.5 Å². The Morgan fingerprint density at radius 2 is 1.67 bits per heavy atom. The second-order valence-corrected chi connectivity index (χ2v) is 7.62. The highest BCUT2D eigenvalue weighted by Crippen LogP contribution is 2.24. The van der Waals surface area contributed by atoms with Gasteiger partial charge in [0.15, 0.2) is 0 Å². The number of carbonyl (C=O) groups excluding carboxylic acids is 2. The van der Waals surface area contributed by atoms with Crippen LogP contribution in [0, 0.1) is 0 Å². The molecule has 1 amide bonds. The highest BCUT2D eigenvalue weighted by atomic mass is 16.6. The third-order valence-corrected chi connectivity index (χ3v) is 3.69. The highest BCUT2D eigenvalue weighted by Gasteiger charge is 2.17. The van der Waals surface area contributed by atoms with Crippen molar-refractivity contribution in [3.05, 3.63) is 59.7 Å². The molecular formula is C22H27NO4. The Kier molecular flexibility index (Phi) is 6.61. The van der Waals surface area contributed by atoms with E-state index in [1.54, 1.807) is 45.0 Å². The number of ether oxygens (including phenoxy) is 2. The maximum absolute atomic E-state index is 12.3. The molecule has 2 rings (SSSR count). The number of nitrogens with one attached hydrogen (secondary N) is 1. The Morgan fingerprint density at radius 3 is 2.26 bits per heavy atom. The maximum Gasteiger partial charge on any atom is 0.325 e. The molecule has 0 saturated heterocycles. The third-order valence-electron chi connectivity index (χ3n) is 3.69. The lowest BCUT2D eigenvalue weighted by Gasteiger charge is -2.19. The van der Waals surface area contributed by atoms with Crippen LogP contribution >= 0.6 is 0 Å². The Hall–Kier alpha value is -2.82. The molecule has 2 aromatic carbocycles. The van der Waals surface area contributed by atoms with E-state index in [9.17, 15) is 9.59 Å². The topological polar surface area (TPSA) is 64.6 Å². The van der Waals surface area contributed by atoms with E-state index in [2.05, 4.69) is 19.2 Å². The molecule has 5 nitrogen and oxygen atoms in total. The van der Waals surface area contributed by atoms with Crippen LogP contribution in [0.3, 0.4) is 0 Å². The lowest BCUT2D eigenvalue weighted by Crippen LogP contribution is -2.34. The first-order chi connectivity index (χ1) is 12.6. The standard InChI is InChI=1S/C22H27NO4/c1-15(2)16-9-11-18(12-10-16)26-19-8-6-7-17(13-19)21(25)23-14-20(24)27-22(3,4)5/h6-13,15H,14H2,1-5H3,(H,23,25). The van der Waals surface area contributed by atoms with Crippen molar-refractivity contribution in [2.24, 2.45) is 0 Å². The highest BCUT2D eigenvalue weighted by molar-refractivity contribution is 5.96. The minimum Gasteiger partial charge on any atom is -0.459 e. The Morgan fingerprint density at radius 1 is 1.00 bits per heavy atom. The van der Waals surface area contributed by atoms with Crippen molar-refractivity contribution in [3.8, 4) is 11.5 Å². The van der Waals surface area contributed by atoms with Gasteiger partial charge in [0.2, 0.25) is 0 Å². The molecule has 0 fully saturated rings. The molecule has 0 unspecified atom stereocenters. The summed E-state index contributed by atoms with van der Waals surface area (Å²) in [5, 5.41) is 2.56. The average molecular weight is 369 g/mol. The molecule has 0 atom stereocenters. The summed E-state index contributed by atoms with van der Waals surface area (Å²) in [6, 6.07) is 14.7. The predicted octanol–water partition coefficient (Wildman–Crippen LogP) is 4.67. The van der Waals surface area contributed by atoms with Gasteiger partial charge in [-0.25, -0.2) is 0 Å². The van der Waals surface area contributed by atoms with Crippen molar-refractivity contribution in [1.82, 2.24) is 5.32 Å². The molecular weight excluding hydrogens is 342 g/mol. The van der Waals surface area contributed by atoms with E-state index in [0.29, 0.717) is 23.0 Å². The van der Waals surface area contributed by atoms with Gasteiger partial charge >= 0.3 is 5.97 Å². The predicted molar refractivity (Wildman–Crippen MR) is 105 cm³/mol. The molecule has 0 spiro atoms. The fourth-order valence-corrected chi connectivity index (χ4v) is 2.39. The zero-order valence-corrected chi connectivity index (χ0v) is 16.5. The van der Waals surface area contributed by atoms with Crippen LogP contribution in [0.4, 0.5) is 0 Å². The van der Waals surface area contributed by atoms with Crippen molar-refractivity contribution >= 4 is 11.9 Å². The molecule has 5 heteroatoms. The number of hydrogen-bond donors (Lipinski definition) is 1. The molecule has 144 valence electrons. The van der Waals surface area contributed by atoms with Crippen LogP contribution < -0.4 is 10.1 Å². The van der Waals surface area contributed by atoms with Crippen LogP contribution in [0.25, 0.3) is 0 Å². The number of benzene rings is 2. The molecule has 0 aliphatic carbocycles. The van der Waals surface area contributed by atoms with Crippen LogP contribution in [-0.4, -0.2) is 24.0 Å². The van der Waals surface area contributed by atoms with E-state index in [1.165, 1.54) is 5.56 Å². The quantitative estimate of drug-likeness (QED) is 0.751. The lowest BCUT2D eigenvalue weighted by molar-refractivity contribution is -0.153. The zero-order valence-electron chi connectivity index (χ0n) is 16.5. The van der Waals surface area contributed by atoms with Crippen LogP contribution in [0.1, 0.15) is 56.5 Å². The van der Waals surface area contributed by atoms with E-state index in [-0.39, 0.29) is 12.5 Å². The minimum atomic E-state index is -0.583. The Bertz CT molecular complexity index is 789. The van der Waals surface area contributed by atoms with Gasteiger partial charge in [0.05, 0.1) is 0 Å². The summed E-state index contributed by atoms with van der Waals surface area (Å²) >= 11 is 0. The second-order valence-electron chi connectivity index (χ2n) is 7.62. The fourth-order valence-electron chi connectivity index (χ4n) is 2.39. The summed E-state index contributed by atoms with van der Waals surface area (Å²) in [6.45, 7) is 9.42. The molecule has 0 aromatic heterocycles. The molecule has 0 saturated carbocycles. The number of amides is 1. The van der Waals surface area contributed by atoms with E-state index in [4.69, 9.17) is 9.47 Å². The normalized spacial score (nSPS) is 11.2. The summed E-state index contributed by atoms with van der Waals surface area (Å²) in [4.78, 5) is 24.0. The van der Waals surface area contributed by atoms with Gasteiger partial charge in [-0.05, 0) is 62.6 Å². The smallest absolute Gasteiger partial charge is 0.325 e. The van der Waals surface area contributed by atoms with Crippen LogP contribution in [0.2, 0.25) is 0 Å². The SMILES string of the molecule is CC(C)c1ccc(Oc2cccc(C(=O)NCC(=O)OC(C)(C)C)c2)cc1. The lowest BCUT2D eigenvalue weighted by atomic mass is 10.0. The number of esters is 1. The van der Waals surface area contributed by atoms with E-state index < -0.39 is 11.6 Å². The summed E-state index contributed by atoms with van der Waals surface area (Å²) in [5.41, 5.74) is 1.06. The monoisotopic (exact) mass is 369 g/mol. The van der Waals surface area contributed by atoms with Gasteiger partial charge < -0.3 is 14.8 Å². The van der Waals surface area contributed by atoms with Gasteiger partial charge in [0.1, 0.15) is 23.6 Å².